The summed E-state index contributed by atoms with van der Waals surface area (Å²) in [7, 11) is 1.24. The van der Waals surface area contributed by atoms with E-state index < -0.39 is 26.6 Å². The molecule has 0 bridgehead atoms. The fraction of sp³-hybridized carbons (Fsp3) is 0.868. The Morgan fingerprint density at radius 3 is 1.70 bits per heavy atom. The molecule has 0 aliphatic rings. The molecule has 0 aliphatic heterocycles. The molecule has 0 aromatic heterocycles. The molecule has 47 heavy (non-hydrogen) atoms. The predicted molar refractivity (Wildman–Crippen MR) is 196 cm³/mol. The number of amides is 1. The number of phosphoric acid groups is 1. The fourth-order valence-electron chi connectivity index (χ4n) is 5.26. The van der Waals surface area contributed by atoms with Gasteiger partial charge < -0.3 is 28.8 Å². The van der Waals surface area contributed by atoms with Crippen molar-refractivity contribution in [2.24, 2.45) is 0 Å². The summed E-state index contributed by atoms with van der Waals surface area (Å²) < 4.78 is 22.8. The number of allylic oxidation sites excluding steroid dienone is 3. The number of carbonyl (C=O) groups excluding carboxylic acids is 1. The minimum absolute atomic E-state index is 0.00666. The van der Waals surface area contributed by atoms with Gasteiger partial charge in [-0.05, 0) is 32.1 Å². The van der Waals surface area contributed by atoms with E-state index in [2.05, 4.69) is 24.4 Å². The van der Waals surface area contributed by atoms with E-state index in [0.717, 1.165) is 25.7 Å². The van der Waals surface area contributed by atoms with E-state index in [0.29, 0.717) is 23.9 Å². The normalized spacial score (nSPS) is 15.0. The van der Waals surface area contributed by atoms with Gasteiger partial charge in [-0.25, -0.2) is 0 Å². The maximum absolute atomic E-state index is 12.3. The highest BCUT2D eigenvalue weighted by molar-refractivity contribution is 7.45. The zero-order chi connectivity index (χ0) is 35.1. The number of nitrogens with one attached hydrogen (secondary N) is 1. The Bertz CT molecular complexity index is 829. The van der Waals surface area contributed by atoms with E-state index in [9.17, 15) is 19.4 Å². The highest BCUT2D eigenvalue weighted by atomic mass is 31.2. The second kappa shape index (κ2) is 31.0. The first kappa shape index (κ1) is 46.0. The molecule has 0 spiro atoms. The van der Waals surface area contributed by atoms with Crippen molar-refractivity contribution < 1.29 is 32.9 Å². The van der Waals surface area contributed by atoms with Gasteiger partial charge in [0, 0.05) is 6.42 Å². The van der Waals surface area contributed by atoms with Crippen LogP contribution >= 0.6 is 7.82 Å². The Balaban J connectivity index is 4.07. The van der Waals surface area contributed by atoms with E-state index in [1.165, 1.54) is 109 Å². The highest BCUT2D eigenvalue weighted by Crippen LogP contribution is 2.38. The van der Waals surface area contributed by atoms with Crippen LogP contribution in [0.3, 0.4) is 0 Å². The van der Waals surface area contributed by atoms with Gasteiger partial charge in [-0.3, -0.25) is 9.36 Å². The number of nitrogens with zero attached hydrogens (tertiary/aromatic N) is 1. The summed E-state index contributed by atoms with van der Waals surface area (Å²) in [4.78, 5) is 24.5. The van der Waals surface area contributed by atoms with E-state index in [1.807, 2.05) is 34.1 Å². The minimum Gasteiger partial charge on any atom is -0.756 e. The molecule has 2 N–H and O–H groups in total. The first-order valence-electron chi connectivity index (χ1n) is 19.2. The Morgan fingerprint density at radius 1 is 0.723 bits per heavy atom. The molecule has 0 aliphatic carbocycles. The number of hydrogen-bond donors (Lipinski definition) is 2. The second-order valence-electron chi connectivity index (χ2n) is 14.3. The quantitative estimate of drug-likeness (QED) is 0.0303. The second-order valence-corrected chi connectivity index (χ2v) is 15.7. The number of aliphatic hydroxyl groups is 1. The van der Waals surface area contributed by atoms with Crippen LogP contribution in [0.4, 0.5) is 0 Å². The number of aliphatic hydroxyl groups excluding tert-OH is 1. The van der Waals surface area contributed by atoms with Gasteiger partial charge in [0.2, 0.25) is 5.91 Å². The summed E-state index contributed by atoms with van der Waals surface area (Å²) in [5.41, 5.74) is 0. The SMILES string of the molecule is CCCCCCCCCCCCCCCCCCC/C=C/CC/C=C/C(O)C(COP(=O)([O-])OCC[N+](C)(C)C)NC(=O)CCCC. The molecule has 0 saturated carbocycles. The van der Waals surface area contributed by atoms with Gasteiger partial charge in [-0.1, -0.05) is 147 Å². The summed E-state index contributed by atoms with van der Waals surface area (Å²) >= 11 is 0. The van der Waals surface area contributed by atoms with Crippen LogP contribution in [0.1, 0.15) is 162 Å². The molecular weight excluding hydrogens is 611 g/mol. The maximum Gasteiger partial charge on any atom is 0.268 e. The lowest BCUT2D eigenvalue weighted by Gasteiger charge is -2.29. The number of unbranched alkanes of at least 4 members (excludes halogenated alkanes) is 19. The van der Waals surface area contributed by atoms with E-state index in [4.69, 9.17) is 9.05 Å². The summed E-state index contributed by atoms with van der Waals surface area (Å²) in [6.07, 6.45) is 34.9. The smallest absolute Gasteiger partial charge is 0.268 e. The molecule has 278 valence electrons. The predicted octanol–water partition coefficient (Wildman–Crippen LogP) is 9.16. The van der Waals surface area contributed by atoms with Crippen molar-refractivity contribution in [2.45, 2.75) is 174 Å². The van der Waals surface area contributed by atoms with E-state index in [-0.39, 0.29) is 12.5 Å². The van der Waals surface area contributed by atoms with Crippen LogP contribution in [-0.4, -0.2) is 68.5 Å². The average Bonchev–Trinajstić information content (AvgIpc) is 3.01. The molecule has 9 heteroatoms. The zero-order valence-electron chi connectivity index (χ0n) is 31.2. The van der Waals surface area contributed by atoms with Crippen molar-refractivity contribution in [1.29, 1.82) is 0 Å². The Morgan fingerprint density at radius 2 is 1.19 bits per heavy atom. The summed E-state index contributed by atoms with van der Waals surface area (Å²) in [5.74, 6) is -0.244. The molecule has 8 nitrogen and oxygen atoms in total. The van der Waals surface area contributed by atoms with Crippen LogP contribution < -0.4 is 10.2 Å². The largest absolute Gasteiger partial charge is 0.756 e. The fourth-order valence-corrected chi connectivity index (χ4v) is 5.99. The molecule has 1 amide bonds. The first-order chi connectivity index (χ1) is 22.5. The van der Waals surface area contributed by atoms with Gasteiger partial charge in [-0.15, -0.1) is 0 Å². The van der Waals surface area contributed by atoms with Crippen LogP contribution in [0.5, 0.6) is 0 Å². The van der Waals surface area contributed by atoms with Crippen molar-refractivity contribution in [2.75, 3.05) is 40.9 Å². The Hall–Kier alpha value is -1.02. The van der Waals surface area contributed by atoms with E-state index >= 15 is 0 Å². The molecule has 0 aromatic rings. The van der Waals surface area contributed by atoms with Crippen molar-refractivity contribution in [3.8, 4) is 0 Å². The lowest BCUT2D eigenvalue weighted by Crippen LogP contribution is -2.45. The van der Waals surface area contributed by atoms with Gasteiger partial charge in [-0.2, -0.15) is 0 Å². The Labute approximate surface area is 290 Å². The summed E-state index contributed by atoms with van der Waals surface area (Å²) in [5, 5.41) is 13.4. The van der Waals surface area contributed by atoms with Crippen molar-refractivity contribution >= 4 is 13.7 Å². The lowest BCUT2D eigenvalue weighted by molar-refractivity contribution is -0.870. The van der Waals surface area contributed by atoms with Crippen molar-refractivity contribution in [1.82, 2.24) is 5.32 Å². The topological polar surface area (TPSA) is 108 Å². The number of quaternary nitrogens is 1. The van der Waals surface area contributed by atoms with Gasteiger partial charge in [0.1, 0.15) is 13.2 Å². The van der Waals surface area contributed by atoms with Crippen LogP contribution in [0, 0.1) is 0 Å². The number of likely N-dealkylation sites (N-methyl/N-ethyl adjacent to an activating group) is 1. The summed E-state index contributed by atoms with van der Waals surface area (Å²) in [6.45, 7) is 4.36. The lowest BCUT2D eigenvalue weighted by atomic mass is 10.0. The first-order valence-corrected chi connectivity index (χ1v) is 20.7. The summed E-state index contributed by atoms with van der Waals surface area (Å²) in [6, 6.07) is -0.893. The molecule has 0 rings (SSSR count). The third-order valence-corrected chi connectivity index (χ3v) is 9.38. The number of rotatable bonds is 34. The number of hydrogen-bond acceptors (Lipinski definition) is 6. The van der Waals surface area contributed by atoms with Gasteiger partial charge in [0.15, 0.2) is 0 Å². The Kier molecular flexibility index (Phi) is 30.3. The third kappa shape index (κ3) is 33.3. The molecule has 3 unspecified atom stereocenters. The molecule has 0 saturated heterocycles. The van der Waals surface area contributed by atoms with Gasteiger partial charge in [0.05, 0.1) is 39.9 Å². The van der Waals surface area contributed by atoms with Gasteiger partial charge >= 0.3 is 0 Å². The minimum atomic E-state index is -4.56. The van der Waals surface area contributed by atoms with Crippen LogP contribution in [0.25, 0.3) is 0 Å². The molecule has 0 radical (unpaired) electrons. The number of carbonyl (C=O) groups is 1. The molecule has 3 atom stereocenters. The van der Waals surface area contributed by atoms with Crippen LogP contribution in [-0.2, 0) is 18.4 Å². The van der Waals surface area contributed by atoms with Crippen LogP contribution in [0.15, 0.2) is 24.3 Å². The number of phosphoric ester groups is 1. The standard InChI is InChI=1S/C38H75N2O6P/c1-6-8-10-11-12-13-14-15-16-17-18-19-20-21-22-23-24-25-26-27-28-29-30-31-37(41)36(39-38(42)32-9-7-2)35-46-47(43,44)45-34-33-40(3,4)5/h26-27,30-31,36-37,41H,6-25,28-29,32-35H2,1-5H3,(H-,39,42,43,44)/b27-26+,31-30+. The molecular formula is C38H75N2O6P. The van der Waals surface area contributed by atoms with Crippen molar-refractivity contribution in [3.05, 3.63) is 24.3 Å². The molecule has 0 heterocycles. The third-order valence-electron chi connectivity index (χ3n) is 8.41. The van der Waals surface area contributed by atoms with Gasteiger partial charge in [0.25, 0.3) is 7.82 Å². The van der Waals surface area contributed by atoms with Crippen molar-refractivity contribution in [3.63, 3.8) is 0 Å². The monoisotopic (exact) mass is 687 g/mol. The molecule has 0 fully saturated rings. The zero-order valence-corrected chi connectivity index (χ0v) is 32.1. The maximum atomic E-state index is 12.3. The molecule has 0 aromatic carbocycles. The average molecular weight is 687 g/mol. The highest BCUT2D eigenvalue weighted by Gasteiger charge is 2.23. The van der Waals surface area contributed by atoms with E-state index in [1.54, 1.807) is 6.08 Å². The van der Waals surface area contributed by atoms with Crippen LogP contribution in [0.2, 0.25) is 0 Å².